The molecule has 1 saturated heterocycles. The largest absolute Gasteiger partial charge is 0.382 e. The van der Waals surface area contributed by atoms with Crippen molar-refractivity contribution in [2.24, 2.45) is 0 Å². The lowest BCUT2D eigenvalue weighted by molar-refractivity contribution is -0.0553. The van der Waals surface area contributed by atoms with Crippen molar-refractivity contribution in [3.8, 4) is 0 Å². The van der Waals surface area contributed by atoms with Crippen LogP contribution >= 0.6 is 0 Å². The lowest BCUT2D eigenvalue weighted by atomic mass is 9.94. The summed E-state index contributed by atoms with van der Waals surface area (Å²) in [5.41, 5.74) is 2.67. The van der Waals surface area contributed by atoms with Crippen LogP contribution in [0.4, 0.5) is 5.69 Å². The predicted molar refractivity (Wildman–Crippen MR) is 77.1 cm³/mol. The second-order valence-electron chi connectivity index (χ2n) is 5.89. The summed E-state index contributed by atoms with van der Waals surface area (Å²) in [4.78, 5) is 0. The van der Waals surface area contributed by atoms with Gasteiger partial charge in [0.05, 0.1) is 5.60 Å². The number of anilines is 1. The average molecular weight is 247 g/mol. The van der Waals surface area contributed by atoms with Crippen LogP contribution in [0, 0.1) is 0 Å². The molecule has 0 spiro atoms. The molecule has 1 atom stereocenters. The van der Waals surface area contributed by atoms with Gasteiger partial charge in [-0.1, -0.05) is 25.5 Å². The highest BCUT2D eigenvalue weighted by Gasteiger charge is 2.28. The third-order valence-electron chi connectivity index (χ3n) is 3.56. The van der Waals surface area contributed by atoms with Crippen molar-refractivity contribution in [3.63, 3.8) is 0 Å². The summed E-state index contributed by atoms with van der Waals surface area (Å²) in [5, 5.41) is 3.63. The van der Waals surface area contributed by atoms with Gasteiger partial charge < -0.3 is 10.1 Å². The van der Waals surface area contributed by atoms with Crippen molar-refractivity contribution in [2.75, 3.05) is 11.9 Å². The van der Waals surface area contributed by atoms with E-state index in [1.165, 1.54) is 24.1 Å². The summed E-state index contributed by atoms with van der Waals surface area (Å²) >= 11 is 0. The first-order valence-corrected chi connectivity index (χ1v) is 7.08. The molecule has 2 heteroatoms. The van der Waals surface area contributed by atoms with E-state index >= 15 is 0 Å². The van der Waals surface area contributed by atoms with Gasteiger partial charge in [0, 0.05) is 18.3 Å². The molecule has 1 heterocycles. The van der Waals surface area contributed by atoms with Gasteiger partial charge in [0.1, 0.15) is 0 Å². The zero-order valence-electron chi connectivity index (χ0n) is 11.8. The maximum Gasteiger partial charge on any atom is 0.0646 e. The first-order valence-electron chi connectivity index (χ1n) is 7.08. The van der Waals surface area contributed by atoms with Gasteiger partial charge in [-0.25, -0.2) is 0 Å². The molecular weight excluding hydrogens is 222 g/mol. The van der Waals surface area contributed by atoms with Crippen LogP contribution in [0.15, 0.2) is 24.3 Å². The number of nitrogens with one attached hydrogen (secondary N) is 1. The van der Waals surface area contributed by atoms with Gasteiger partial charge in [0.25, 0.3) is 0 Å². The second kappa shape index (κ2) is 5.75. The van der Waals surface area contributed by atoms with Gasteiger partial charge in [-0.15, -0.1) is 0 Å². The normalized spacial score (nSPS) is 22.7. The summed E-state index contributed by atoms with van der Waals surface area (Å²) in [6, 6.07) is 9.40. The summed E-state index contributed by atoms with van der Waals surface area (Å²) in [7, 11) is 0. The molecule has 1 aliphatic heterocycles. The van der Waals surface area contributed by atoms with Gasteiger partial charge in [0.15, 0.2) is 0 Å². The predicted octanol–water partition coefficient (Wildman–Crippen LogP) is 4.01. The van der Waals surface area contributed by atoms with Gasteiger partial charge in [0.2, 0.25) is 0 Å². The Bertz CT molecular complexity index is 369. The Labute approximate surface area is 111 Å². The SMILES string of the molecule is CCCc1ccc(NC2CCOC(C)(C)C2)cc1. The fraction of sp³-hybridized carbons (Fsp3) is 0.625. The van der Waals surface area contributed by atoms with Crippen LogP contribution < -0.4 is 5.32 Å². The molecule has 1 unspecified atom stereocenters. The number of hydrogen-bond acceptors (Lipinski definition) is 2. The maximum absolute atomic E-state index is 5.74. The van der Waals surface area contributed by atoms with Gasteiger partial charge in [-0.3, -0.25) is 0 Å². The molecule has 0 bridgehead atoms. The number of rotatable bonds is 4. The molecule has 2 nitrogen and oxygen atoms in total. The fourth-order valence-electron chi connectivity index (χ4n) is 2.65. The van der Waals surface area contributed by atoms with Gasteiger partial charge in [-0.05, 0) is 50.8 Å². The first-order chi connectivity index (χ1) is 8.59. The van der Waals surface area contributed by atoms with Crippen LogP contribution in [0.25, 0.3) is 0 Å². The maximum atomic E-state index is 5.74. The molecule has 1 N–H and O–H groups in total. The van der Waals surface area contributed by atoms with Crippen molar-refractivity contribution >= 4 is 5.69 Å². The number of aryl methyl sites for hydroxylation is 1. The van der Waals surface area contributed by atoms with Gasteiger partial charge in [-0.2, -0.15) is 0 Å². The van der Waals surface area contributed by atoms with Gasteiger partial charge >= 0.3 is 0 Å². The molecule has 0 saturated carbocycles. The third-order valence-corrected chi connectivity index (χ3v) is 3.56. The van der Waals surface area contributed by atoms with E-state index in [9.17, 15) is 0 Å². The molecule has 1 fully saturated rings. The lowest BCUT2D eigenvalue weighted by Crippen LogP contribution is -2.40. The van der Waals surface area contributed by atoms with E-state index in [1.807, 2.05) is 0 Å². The highest BCUT2D eigenvalue weighted by Crippen LogP contribution is 2.26. The standard InChI is InChI=1S/C16H25NO/c1-4-5-13-6-8-14(9-7-13)17-15-10-11-18-16(2,3)12-15/h6-9,15,17H,4-5,10-12H2,1-3H3. The summed E-state index contributed by atoms with van der Waals surface area (Å²) < 4.78 is 5.74. The van der Waals surface area contributed by atoms with E-state index in [-0.39, 0.29) is 5.60 Å². The molecule has 1 aliphatic rings. The number of hydrogen-bond donors (Lipinski definition) is 1. The van der Waals surface area contributed by atoms with Crippen LogP contribution in [0.5, 0.6) is 0 Å². The van der Waals surface area contributed by atoms with Crippen molar-refractivity contribution in [1.82, 2.24) is 0 Å². The molecule has 1 aromatic rings. The molecule has 18 heavy (non-hydrogen) atoms. The number of benzene rings is 1. The zero-order valence-corrected chi connectivity index (χ0v) is 11.8. The topological polar surface area (TPSA) is 21.3 Å². The van der Waals surface area contributed by atoms with E-state index in [0.717, 1.165) is 19.4 Å². The van der Waals surface area contributed by atoms with E-state index in [0.29, 0.717) is 6.04 Å². The third kappa shape index (κ3) is 3.74. The Hall–Kier alpha value is -1.02. The van der Waals surface area contributed by atoms with E-state index < -0.39 is 0 Å². The van der Waals surface area contributed by atoms with E-state index in [1.54, 1.807) is 0 Å². The van der Waals surface area contributed by atoms with Crippen LogP contribution in [-0.4, -0.2) is 18.2 Å². The Balaban J connectivity index is 1.92. The minimum atomic E-state index is 0.0120. The molecule has 0 aliphatic carbocycles. The minimum Gasteiger partial charge on any atom is -0.382 e. The molecule has 2 rings (SSSR count). The van der Waals surface area contributed by atoms with Crippen molar-refractivity contribution in [1.29, 1.82) is 0 Å². The van der Waals surface area contributed by atoms with Crippen LogP contribution in [-0.2, 0) is 11.2 Å². The van der Waals surface area contributed by atoms with Crippen molar-refractivity contribution in [2.45, 2.75) is 58.1 Å². The first kappa shape index (κ1) is 13.4. The van der Waals surface area contributed by atoms with Crippen molar-refractivity contribution < 1.29 is 4.74 Å². The molecule has 100 valence electrons. The Morgan fingerprint density at radius 3 is 2.61 bits per heavy atom. The minimum absolute atomic E-state index is 0.0120. The zero-order chi connectivity index (χ0) is 13.0. The second-order valence-corrected chi connectivity index (χ2v) is 5.89. The monoisotopic (exact) mass is 247 g/mol. The molecule has 0 aromatic heterocycles. The van der Waals surface area contributed by atoms with E-state index in [4.69, 9.17) is 4.74 Å². The van der Waals surface area contributed by atoms with Crippen LogP contribution in [0.3, 0.4) is 0 Å². The van der Waals surface area contributed by atoms with Crippen LogP contribution in [0.1, 0.15) is 45.6 Å². The Morgan fingerprint density at radius 2 is 2.00 bits per heavy atom. The Kier molecular flexibility index (Phi) is 4.28. The smallest absolute Gasteiger partial charge is 0.0646 e. The molecule has 0 amide bonds. The average Bonchev–Trinajstić information content (AvgIpc) is 2.31. The summed E-state index contributed by atoms with van der Waals surface area (Å²) in [6.45, 7) is 7.42. The molecule has 0 radical (unpaired) electrons. The highest BCUT2D eigenvalue weighted by molar-refractivity contribution is 5.45. The molecular formula is C16H25NO. The Morgan fingerprint density at radius 1 is 1.28 bits per heavy atom. The quantitative estimate of drug-likeness (QED) is 0.868. The van der Waals surface area contributed by atoms with E-state index in [2.05, 4.69) is 50.4 Å². The van der Waals surface area contributed by atoms with Crippen molar-refractivity contribution in [3.05, 3.63) is 29.8 Å². The van der Waals surface area contributed by atoms with Crippen LogP contribution in [0.2, 0.25) is 0 Å². The summed E-state index contributed by atoms with van der Waals surface area (Å²) in [6.07, 6.45) is 4.55. The fourth-order valence-corrected chi connectivity index (χ4v) is 2.65. The summed E-state index contributed by atoms with van der Waals surface area (Å²) in [5.74, 6) is 0. The molecule has 1 aromatic carbocycles. The lowest BCUT2D eigenvalue weighted by Gasteiger charge is -2.36. The number of ether oxygens (including phenoxy) is 1. The highest BCUT2D eigenvalue weighted by atomic mass is 16.5.